The van der Waals surface area contributed by atoms with Crippen LogP contribution in [0.1, 0.15) is 0 Å². The molecule has 2 aromatic carbocycles. The van der Waals surface area contributed by atoms with Gasteiger partial charge in [0.05, 0.1) is 6.54 Å². The number of nitro groups is 1. The number of ether oxygens (including phenoxy) is 1. The maximum Gasteiger partial charge on any atom is 0.490 e. The van der Waals surface area contributed by atoms with Crippen molar-refractivity contribution >= 4 is 16.7 Å². The van der Waals surface area contributed by atoms with Crippen molar-refractivity contribution in [1.29, 1.82) is 0 Å². The van der Waals surface area contributed by atoms with E-state index in [2.05, 4.69) is 10.1 Å². The Morgan fingerprint density at radius 1 is 1.19 bits per heavy atom. The molecule has 0 fully saturated rings. The molecule has 3 aromatic rings. The van der Waals surface area contributed by atoms with Gasteiger partial charge in [0.1, 0.15) is 12.4 Å². The van der Waals surface area contributed by atoms with Gasteiger partial charge in [-0.05, 0) is 16.4 Å². The summed E-state index contributed by atoms with van der Waals surface area (Å²) >= 11 is 0. The van der Waals surface area contributed by atoms with Gasteiger partial charge in [0.2, 0.25) is 6.33 Å². The van der Waals surface area contributed by atoms with Crippen LogP contribution in [0.4, 0.5) is 5.95 Å². The van der Waals surface area contributed by atoms with Crippen LogP contribution in [0, 0.1) is 10.1 Å². The molecule has 0 saturated heterocycles. The summed E-state index contributed by atoms with van der Waals surface area (Å²) in [6.07, 6.45) is 1.32. The second-order valence-corrected chi connectivity index (χ2v) is 4.39. The molecule has 0 N–H and O–H groups in total. The first-order chi connectivity index (χ1) is 10.2. The van der Waals surface area contributed by atoms with Gasteiger partial charge in [-0.25, -0.2) is 0 Å². The van der Waals surface area contributed by atoms with Crippen molar-refractivity contribution in [2.24, 2.45) is 0 Å². The lowest BCUT2D eigenvalue weighted by Crippen LogP contribution is -2.09. The smallest absolute Gasteiger partial charge is 0.490 e. The second-order valence-electron chi connectivity index (χ2n) is 4.39. The summed E-state index contributed by atoms with van der Waals surface area (Å²) in [5.41, 5.74) is 0. The standard InChI is InChI=1S/C14H12N4O3/c19-18(20)14-15-10-17(16-14)8-9-21-13-7-3-5-11-4-1-2-6-12(11)13/h1-7,10H,8-9H2. The minimum absolute atomic E-state index is 0.356. The summed E-state index contributed by atoms with van der Waals surface area (Å²) in [5, 5.41) is 16.4. The Balaban J connectivity index is 1.68. The third kappa shape index (κ3) is 2.81. The summed E-state index contributed by atoms with van der Waals surface area (Å²) in [5.74, 6) is 0.378. The number of benzene rings is 2. The molecule has 0 unspecified atom stereocenters. The van der Waals surface area contributed by atoms with E-state index in [-0.39, 0.29) is 0 Å². The largest absolute Gasteiger partial charge is 0.491 e. The van der Waals surface area contributed by atoms with Gasteiger partial charge in [0.15, 0.2) is 0 Å². The van der Waals surface area contributed by atoms with E-state index >= 15 is 0 Å². The molecule has 1 heterocycles. The first-order valence-corrected chi connectivity index (χ1v) is 6.38. The predicted molar refractivity (Wildman–Crippen MR) is 76.1 cm³/mol. The lowest BCUT2D eigenvalue weighted by atomic mass is 10.1. The predicted octanol–water partition coefficient (Wildman–Crippen LogP) is 2.42. The summed E-state index contributed by atoms with van der Waals surface area (Å²) in [6, 6.07) is 13.8. The van der Waals surface area contributed by atoms with E-state index in [0.717, 1.165) is 16.5 Å². The van der Waals surface area contributed by atoms with Crippen LogP contribution in [-0.2, 0) is 6.54 Å². The molecule has 1 aromatic heterocycles. The average molecular weight is 284 g/mol. The first-order valence-electron chi connectivity index (χ1n) is 6.38. The molecule has 7 heteroatoms. The number of hydrogen-bond acceptors (Lipinski definition) is 5. The Morgan fingerprint density at radius 2 is 2.00 bits per heavy atom. The van der Waals surface area contributed by atoms with Crippen LogP contribution in [0.3, 0.4) is 0 Å². The zero-order valence-electron chi connectivity index (χ0n) is 11.0. The van der Waals surface area contributed by atoms with Crippen molar-refractivity contribution < 1.29 is 9.66 Å². The molecule has 0 aliphatic carbocycles. The fraction of sp³-hybridized carbons (Fsp3) is 0.143. The van der Waals surface area contributed by atoms with Crippen LogP contribution < -0.4 is 4.74 Å². The number of rotatable bonds is 5. The monoisotopic (exact) mass is 284 g/mol. The average Bonchev–Trinajstić information content (AvgIpc) is 2.97. The van der Waals surface area contributed by atoms with Gasteiger partial charge in [-0.15, -0.1) is 0 Å². The molecule has 106 valence electrons. The van der Waals surface area contributed by atoms with E-state index in [0.29, 0.717) is 13.2 Å². The molecule has 21 heavy (non-hydrogen) atoms. The number of nitrogens with zero attached hydrogens (tertiary/aromatic N) is 4. The molecule has 3 rings (SSSR count). The van der Waals surface area contributed by atoms with Crippen molar-refractivity contribution in [2.45, 2.75) is 6.54 Å². The van der Waals surface area contributed by atoms with Gasteiger partial charge < -0.3 is 14.9 Å². The van der Waals surface area contributed by atoms with Crippen LogP contribution in [0.5, 0.6) is 5.75 Å². The van der Waals surface area contributed by atoms with E-state index < -0.39 is 10.9 Å². The van der Waals surface area contributed by atoms with E-state index in [4.69, 9.17) is 4.74 Å². The maximum atomic E-state index is 10.5. The Morgan fingerprint density at radius 3 is 2.81 bits per heavy atom. The SMILES string of the molecule is O=[N+]([O-])c1ncn(CCOc2cccc3ccccc23)n1. The molecule has 0 amide bonds. The van der Waals surface area contributed by atoms with Crippen LogP contribution in [-0.4, -0.2) is 26.3 Å². The maximum absolute atomic E-state index is 10.5. The third-order valence-electron chi connectivity index (χ3n) is 3.02. The highest BCUT2D eigenvalue weighted by molar-refractivity contribution is 5.88. The highest BCUT2D eigenvalue weighted by Crippen LogP contribution is 2.24. The van der Waals surface area contributed by atoms with Gasteiger partial charge in [-0.1, -0.05) is 41.4 Å². The molecular formula is C14H12N4O3. The third-order valence-corrected chi connectivity index (χ3v) is 3.02. The molecule has 0 aliphatic heterocycles. The molecule has 0 radical (unpaired) electrons. The number of hydrogen-bond donors (Lipinski definition) is 0. The Bertz CT molecular complexity index is 779. The molecule has 0 saturated carbocycles. The summed E-state index contributed by atoms with van der Waals surface area (Å²) in [6.45, 7) is 0.749. The lowest BCUT2D eigenvalue weighted by Gasteiger charge is -2.08. The van der Waals surface area contributed by atoms with Gasteiger partial charge in [-0.2, -0.15) is 4.68 Å². The van der Waals surface area contributed by atoms with E-state index in [1.165, 1.54) is 11.0 Å². The molecule has 0 spiro atoms. The summed E-state index contributed by atoms with van der Waals surface area (Å²) < 4.78 is 7.13. The Labute approximate surface area is 119 Å². The fourth-order valence-corrected chi connectivity index (χ4v) is 2.05. The van der Waals surface area contributed by atoms with Crippen molar-refractivity contribution in [2.75, 3.05) is 6.61 Å². The Hall–Kier alpha value is -2.96. The van der Waals surface area contributed by atoms with Crippen LogP contribution in [0.15, 0.2) is 48.8 Å². The topological polar surface area (TPSA) is 83.1 Å². The summed E-state index contributed by atoms with van der Waals surface area (Å²) in [7, 11) is 0. The highest BCUT2D eigenvalue weighted by Gasteiger charge is 2.12. The fourth-order valence-electron chi connectivity index (χ4n) is 2.05. The van der Waals surface area contributed by atoms with Crippen molar-refractivity contribution in [3.63, 3.8) is 0 Å². The minimum Gasteiger partial charge on any atom is -0.491 e. The van der Waals surface area contributed by atoms with Gasteiger partial charge in [0.25, 0.3) is 0 Å². The lowest BCUT2D eigenvalue weighted by molar-refractivity contribution is -0.394. The van der Waals surface area contributed by atoms with Gasteiger partial charge in [0, 0.05) is 10.5 Å². The zero-order valence-corrected chi connectivity index (χ0v) is 11.0. The normalized spacial score (nSPS) is 10.7. The molecule has 0 bridgehead atoms. The summed E-state index contributed by atoms with van der Waals surface area (Å²) in [4.78, 5) is 13.5. The minimum atomic E-state index is -0.623. The Kier molecular flexibility index (Phi) is 3.46. The van der Waals surface area contributed by atoms with E-state index in [1.807, 2.05) is 42.5 Å². The molecule has 0 aliphatic rings. The van der Waals surface area contributed by atoms with Crippen molar-refractivity contribution in [3.8, 4) is 5.75 Å². The first kappa shape index (κ1) is 13.0. The highest BCUT2D eigenvalue weighted by atomic mass is 16.6. The number of aromatic nitrogens is 3. The van der Waals surface area contributed by atoms with Gasteiger partial charge in [-0.3, -0.25) is 0 Å². The van der Waals surface area contributed by atoms with Crippen molar-refractivity contribution in [1.82, 2.24) is 14.8 Å². The zero-order chi connectivity index (χ0) is 14.7. The van der Waals surface area contributed by atoms with Gasteiger partial charge >= 0.3 is 5.95 Å². The van der Waals surface area contributed by atoms with Crippen LogP contribution >= 0.6 is 0 Å². The molecule has 7 nitrogen and oxygen atoms in total. The quantitative estimate of drug-likeness (QED) is 0.530. The van der Waals surface area contributed by atoms with Crippen LogP contribution in [0.25, 0.3) is 10.8 Å². The van der Waals surface area contributed by atoms with E-state index in [1.54, 1.807) is 0 Å². The second kappa shape index (κ2) is 5.58. The van der Waals surface area contributed by atoms with Crippen LogP contribution in [0.2, 0.25) is 0 Å². The van der Waals surface area contributed by atoms with E-state index in [9.17, 15) is 10.1 Å². The molecule has 0 atom stereocenters. The van der Waals surface area contributed by atoms with Crippen molar-refractivity contribution in [3.05, 3.63) is 58.9 Å². The number of fused-ring (bicyclic) bond motifs is 1. The molecular weight excluding hydrogens is 272 g/mol.